The summed E-state index contributed by atoms with van der Waals surface area (Å²) in [6.45, 7) is 1.60. The van der Waals surface area contributed by atoms with Crippen molar-refractivity contribution in [3.63, 3.8) is 0 Å². The predicted molar refractivity (Wildman–Crippen MR) is 136 cm³/mol. The van der Waals surface area contributed by atoms with Gasteiger partial charge in [-0.25, -0.2) is 18.4 Å². The lowest BCUT2D eigenvalue weighted by Gasteiger charge is -2.31. The summed E-state index contributed by atoms with van der Waals surface area (Å²) >= 11 is 0. The molecule has 184 valence electrons. The molecule has 1 aliphatic heterocycles. The van der Waals surface area contributed by atoms with Crippen molar-refractivity contribution < 1.29 is 18.6 Å². The molecule has 8 nitrogen and oxygen atoms in total. The number of phenolic OH excluding ortho intramolecular Hbond substituents is 1. The van der Waals surface area contributed by atoms with E-state index in [1.807, 2.05) is 18.2 Å². The van der Waals surface area contributed by atoms with Crippen LogP contribution in [0.2, 0.25) is 0 Å². The topological polar surface area (TPSA) is 116 Å². The average molecular weight is 495 g/mol. The minimum Gasteiger partial charge on any atom is -0.508 e. The number of aromatic nitrogens is 2. The van der Waals surface area contributed by atoms with Crippen LogP contribution >= 0.6 is 0 Å². The molecule has 1 fully saturated rings. The van der Waals surface area contributed by atoms with Crippen LogP contribution in [0.3, 0.4) is 0 Å². The highest BCUT2D eigenvalue weighted by molar-refractivity contribution is 7.89. The van der Waals surface area contributed by atoms with E-state index in [0.717, 1.165) is 36.0 Å². The molecule has 0 aliphatic carbocycles. The van der Waals surface area contributed by atoms with Crippen LogP contribution in [0.5, 0.6) is 5.75 Å². The molecule has 1 aromatic heterocycles. The summed E-state index contributed by atoms with van der Waals surface area (Å²) in [5, 5.41) is 21.8. The van der Waals surface area contributed by atoms with Gasteiger partial charge in [0.05, 0.1) is 4.90 Å². The number of phenols is 1. The maximum atomic E-state index is 13.0. The second-order valence-electron chi connectivity index (χ2n) is 8.63. The fourth-order valence-corrected chi connectivity index (χ4v) is 5.54. The molecule has 0 atom stereocenters. The van der Waals surface area contributed by atoms with Crippen molar-refractivity contribution in [3.8, 4) is 5.75 Å². The van der Waals surface area contributed by atoms with Gasteiger partial charge >= 0.3 is 0 Å². The molecule has 0 bridgehead atoms. The SMILES string of the molecule is O=S(=O)(c1ccc(CNc2ncc(/C=C/c3cccc(O)c3)cn2)cc1)N1CCC(CCO)CC1. The van der Waals surface area contributed by atoms with Crippen molar-refractivity contribution in [1.82, 2.24) is 14.3 Å². The summed E-state index contributed by atoms with van der Waals surface area (Å²) in [6.07, 6.45) is 9.45. The van der Waals surface area contributed by atoms with Crippen LogP contribution in [0.25, 0.3) is 12.2 Å². The average Bonchev–Trinajstić information content (AvgIpc) is 2.88. The van der Waals surface area contributed by atoms with Gasteiger partial charge in [-0.1, -0.05) is 36.4 Å². The molecule has 0 amide bonds. The van der Waals surface area contributed by atoms with E-state index in [1.165, 1.54) is 0 Å². The fraction of sp³-hybridized carbons (Fsp3) is 0.308. The third-order valence-corrected chi connectivity index (χ3v) is 8.05. The maximum absolute atomic E-state index is 13.0. The summed E-state index contributed by atoms with van der Waals surface area (Å²) < 4.78 is 27.5. The molecule has 2 aromatic carbocycles. The van der Waals surface area contributed by atoms with Crippen LogP contribution in [0.4, 0.5) is 5.95 Å². The van der Waals surface area contributed by atoms with Gasteiger partial charge in [0, 0.05) is 44.2 Å². The number of hydrogen-bond donors (Lipinski definition) is 3. The van der Waals surface area contributed by atoms with Crippen LogP contribution in [0.15, 0.2) is 65.8 Å². The van der Waals surface area contributed by atoms with Gasteiger partial charge in [0.2, 0.25) is 16.0 Å². The quantitative estimate of drug-likeness (QED) is 0.415. The molecule has 2 heterocycles. The first-order valence-corrected chi connectivity index (χ1v) is 13.1. The Balaban J connectivity index is 1.30. The van der Waals surface area contributed by atoms with E-state index in [2.05, 4.69) is 15.3 Å². The van der Waals surface area contributed by atoms with Crippen LogP contribution in [0.1, 0.15) is 36.0 Å². The fourth-order valence-electron chi connectivity index (χ4n) is 4.07. The van der Waals surface area contributed by atoms with Crippen molar-refractivity contribution >= 4 is 28.1 Å². The zero-order valence-corrected chi connectivity index (χ0v) is 20.2. The zero-order valence-electron chi connectivity index (χ0n) is 19.4. The lowest BCUT2D eigenvalue weighted by atomic mass is 9.95. The van der Waals surface area contributed by atoms with Crippen molar-refractivity contribution in [2.45, 2.75) is 30.7 Å². The van der Waals surface area contributed by atoms with E-state index < -0.39 is 10.0 Å². The van der Waals surface area contributed by atoms with Gasteiger partial charge in [-0.05, 0) is 60.6 Å². The first-order valence-electron chi connectivity index (χ1n) is 11.7. The first kappa shape index (κ1) is 24.8. The lowest BCUT2D eigenvalue weighted by Crippen LogP contribution is -2.38. The molecule has 0 saturated carbocycles. The summed E-state index contributed by atoms with van der Waals surface area (Å²) in [5.74, 6) is 1.08. The Morgan fingerprint density at radius 2 is 1.69 bits per heavy atom. The number of rotatable bonds is 9. The molecule has 3 N–H and O–H groups in total. The molecule has 4 rings (SSSR count). The van der Waals surface area contributed by atoms with Gasteiger partial charge in [-0.2, -0.15) is 4.31 Å². The smallest absolute Gasteiger partial charge is 0.243 e. The highest BCUT2D eigenvalue weighted by Gasteiger charge is 2.29. The number of nitrogens with zero attached hydrogens (tertiary/aromatic N) is 3. The molecule has 0 unspecified atom stereocenters. The van der Waals surface area contributed by atoms with Crippen LogP contribution in [-0.2, 0) is 16.6 Å². The maximum Gasteiger partial charge on any atom is 0.243 e. The first-order chi connectivity index (χ1) is 16.9. The molecule has 1 saturated heterocycles. The Kier molecular flexibility index (Phi) is 8.12. The van der Waals surface area contributed by atoms with Gasteiger partial charge in [-0.3, -0.25) is 0 Å². The molecule has 3 aromatic rings. The molecule has 35 heavy (non-hydrogen) atoms. The molecular weight excluding hydrogens is 464 g/mol. The monoisotopic (exact) mass is 494 g/mol. The number of nitrogens with one attached hydrogen (secondary N) is 1. The number of piperidine rings is 1. The second kappa shape index (κ2) is 11.4. The van der Waals surface area contributed by atoms with E-state index in [9.17, 15) is 13.5 Å². The number of benzene rings is 2. The van der Waals surface area contributed by atoms with Crippen molar-refractivity contribution in [1.29, 1.82) is 0 Å². The predicted octanol–water partition coefficient (Wildman–Crippen LogP) is 3.75. The summed E-state index contributed by atoms with van der Waals surface area (Å²) in [4.78, 5) is 8.93. The number of sulfonamides is 1. The number of aliphatic hydroxyl groups is 1. The third-order valence-electron chi connectivity index (χ3n) is 6.13. The van der Waals surface area contributed by atoms with Crippen molar-refractivity contribution in [3.05, 3.63) is 77.6 Å². The van der Waals surface area contributed by atoms with E-state index in [-0.39, 0.29) is 12.4 Å². The number of aliphatic hydroxyl groups excluding tert-OH is 1. The van der Waals surface area contributed by atoms with E-state index in [4.69, 9.17) is 5.11 Å². The third kappa shape index (κ3) is 6.66. The van der Waals surface area contributed by atoms with Gasteiger partial charge in [0.25, 0.3) is 0 Å². The summed E-state index contributed by atoms with van der Waals surface area (Å²) in [5.41, 5.74) is 2.62. The molecule has 9 heteroatoms. The number of anilines is 1. The minimum absolute atomic E-state index is 0.152. The lowest BCUT2D eigenvalue weighted by molar-refractivity contribution is 0.208. The second-order valence-corrected chi connectivity index (χ2v) is 10.6. The van der Waals surface area contributed by atoms with Gasteiger partial charge < -0.3 is 15.5 Å². The highest BCUT2D eigenvalue weighted by atomic mass is 32.2. The Morgan fingerprint density at radius 1 is 1.00 bits per heavy atom. The van der Waals surface area contributed by atoms with Gasteiger partial charge in [-0.15, -0.1) is 0 Å². The Morgan fingerprint density at radius 3 is 2.34 bits per heavy atom. The Hall–Kier alpha value is -3.27. The van der Waals surface area contributed by atoms with Crippen LogP contribution < -0.4 is 5.32 Å². The molecule has 0 radical (unpaired) electrons. The van der Waals surface area contributed by atoms with Gasteiger partial charge in [0.15, 0.2) is 0 Å². The van der Waals surface area contributed by atoms with E-state index in [0.29, 0.717) is 36.4 Å². The highest BCUT2D eigenvalue weighted by Crippen LogP contribution is 2.25. The molecular formula is C26H30N4O4S. The van der Waals surface area contributed by atoms with E-state index >= 15 is 0 Å². The summed E-state index contributed by atoms with van der Waals surface area (Å²) in [7, 11) is -3.51. The van der Waals surface area contributed by atoms with Crippen molar-refractivity contribution in [2.24, 2.45) is 5.92 Å². The largest absolute Gasteiger partial charge is 0.508 e. The minimum atomic E-state index is -3.51. The Labute approximate surface area is 206 Å². The normalized spacial score (nSPS) is 15.5. The van der Waals surface area contributed by atoms with E-state index in [1.54, 1.807) is 59.2 Å². The molecule has 1 aliphatic rings. The zero-order chi connectivity index (χ0) is 24.7. The summed E-state index contributed by atoms with van der Waals surface area (Å²) in [6, 6.07) is 13.8. The number of aromatic hydroxyl groups is 1. The molecule has 0 spiro atoms. The van der Waals surface area contributed by atoms with Crippen molar-refractivity contribution in [2.75, 3.05) is 25.0 Å². The standard InChI is InChI=1S/C26H30N4O4S/c31-15-12-20-10-13-30(14-11-20)35(33,34)25-8-6-22(7-9-25)17-27-26-28-18-23(19-29-26)5-4-21-2-1-3-24(32)16-21/h1-9,16,18-20,31-32H,10-15,17H2,(H,27,28,29)/b5-4+. The van der Waals surface area contributed by atoms with Gasteiger partial charge in [0.1, 0.15) is 5.75 Å². The Bertz CT molecular complexity index is 1240. The number of hydrogen-bond acceptors (Lipinski definition) is 7. The van der Waals surface area contributed by atoms with Crippen LogP contribution in [-0.4, -0.2) is 52.6 Å². The van der Waals surface area contributed by atoms with Crippen LogP contribution in [0, 0.1) is 5.92 Å².